The number of esters is 3. The van der Waals surface area contributed by atoms with Gasteiger partial charge in [-0.25, -0.2) is 67.1 Å². The molecular formula is C25H7F12N9O6. The molecule has 272 valence electrons. The summed E-state index contributed by atoms with van der Waals surface area (Å²) in [7, 11) is 0. The third-order valence-electron chi connectivity index (χ3n) is 6.12. The van der Waals surface area contributed by atoms with Crippen molar-refractivity contribution in [3.05, 3.63) is 118 Å². The van der Waals surface area contributed by atoms with Gasteiger partial charge in [-0.05, 0) is 16.6 Å². The fourth-order valence-electron chi connectivity index (χ4n) is 3.74. The molecule has 0 aliphatic heterocycles. The van der Waals surface area contributed by atoms with Crippen molar-refractivity contribution in [1.82, 2.24) is 0 Å². The van der Waals surface area contributed by atoms with E-state index in [4.69, 9.17) is 16.6 Å². The number of carbonyl (C=O) groups excluding carboxylic acids is 3. The Morgan fingerprint density at radius 1 is 0.423 bits per heavy atom. The molecule has 3 aromatic carbocycles. The van der Waals surface area contributed by atoms with Crippen LogP contribution in [0.15, 0.2) is 15.3 Å². The summed E-state index contributed by atoms with van der Waals surface area (Å²) in [4.78, 5) is 42.9. The maximum absolute atomic E-state index is 14.4. The molecule has 0 aliphatic carbocycles. The number of nitrogens with zero attached hydrogens (tertiary/aromatic N) is 9. The van der Waals surface area contributed by atoms with E-state index in [1.54, 1.807) is 0 Å². The predicted molar refractivity (Wildman–Crippen MR) is 140 cm³/mol. The molecule has 0 unspecified atom stereocenters. The van der Waals surface area contributed by atoms with Crippen molar-refractivity contribution in [3.63, 3.8) is 0 Å². The molecule has 0 amide bonds. The van der Waals surface area contributed by atoms with Crippen LogP contribution in [0.5, 0.6) is 0 Å². The van der Waals surface area contributed by atoms with Gasteiger partial charge in [0.15, 0.2) is 69.8 Å². The molecule has 3 aromatic rings. The van der Waals surface area contributed by atoms with Gasteiger partial charge in [0.25, 0.3) is 0 Å². The van der Waals surface area contributed by atoms with Crippen LogP contribution in [0.4, 0.5) is 69.7 Å². The monoisotopic (exact) mass is 757 g/mol. The smallest absolute Gasteiger partial charge is 0.344 e. The van der Waals surface area contributed by atoms with Crippen molar-refractivity contribution >= 4 is 35.0 Å². The molecule has 0 heterocycles. The zero-order valence-electron chi connectivity index (χ0n) is 24.2. The Hall–Kier alpha value is -6.84. The van der Waals surface area contributed by atoms with Gasteiger partial charge in [-0.15, -0.1) is 0 Å². The molecule has 0 saturated carbocycles. The quantitative estimate of drug-likeness (QED) is 0.0334. The van der Waals surface area contributed by atoms with Crippen LogP contribution in [0.25, 0.3) is 31.3 Å². The second-order valence-electron chi connectivity index (χ2n) is 9.17. The second-order valence-corrected chi connectivity index (χ2v) is 9.17. The summed E-state index contributed by atoms with van der Waals surface area (Å²) in [6.45, 7) is -4.56. The Kier molecular flexibility index (Phi) is 12.4. The average Bonchev–Trinajstić information content (AvgIpc) is 3.11. The van der Waals surface area contributed by atoms with Gasteiger partial charge >= 0.3 is 17.9 Å². The summed E-state index contributed by atoms with van der Waals surface area (Å²) in [6, 6.07) is 0. The normalized spacial score (nSPS) is 11.1. The SMILES string of the molecule is [N-]=[N+]=Nc1c(F)c(F)c(C(=O)OCC(COC(=O)c2c(F)c(F)c(N=[N+]=[N-])c(F)c2F)COC(=O)c2c(F)c(F)c(N=[N+]=[N-])c(F)c2F)c(F)c1F. The average molecular weight is 757 g/mol. The van der Waals surface area contributed by atoms with Crippen molar-refractivity contribution in [2.24, 2.45) is 21.3 Å². The molecule has 0 saturated heterocycles. The number of ether oxygens (including phenoxy) is 3. The molecule has 0 bridgehead atoms. The topological polar surface area (TPSA) is 225 Å². The first-order chi connectivity index (χ1) is 24.5. The van der Waals surface area contributed by atoms with Gasteiger partial charge in [-0.2, -0.15) is 0 Å². The van der Waals surface area contributed by atoms with Gasteiger partial charge < -0.3 is 14.2 Å². The molecule has 0 N–H and O–H groups in total. The summed E-state index contributed by atoms with van der Waals surface area (Å²) in [6.07, 6.45) is 0. The minimum Gasteiger partial charge on any atom is -0.461 e. The zero-order chi connectivity index (χ0) is 39.2. The van der Waals surface area contributed by atoms with Gasteiger partial charge in [0.1, 0.15) is 53.6 Å². The summed E-state index contributed by atoms with van der Waals surface area (Å²) >= 11 is 0. The standard InChI is InChI=1S/C25H7F12N9O6/c26-8-5(9(27)15(33)20(14(8)32)41-44-38)23(47)50-1-4(2-51-24(48)6-10(28)16(34)21(42-45-39)17(35)11(6)29)3-52-25(49)7-12(30)18(36)22(43-46-40)19(37)13(7)31/h4H,1-3H2. The van der Waals surface area contributed by atoms with Crippen LogP contribution in [-0.4, -0.2) is 37.7 Å². The lowest BCUT2D eigenvalue weighted by molar-refractivity contribution is 0.00524. The number of carbonyl (C=O) groups is 3. The zero-order valence-corrected chi connectivity index (χ0v) is 24.2. The molecule has 0 aliphatic rings. The molecule has 0 radical (unpaired) electrons. The molecule has 3 rings (SSSR count). The Labute approximate surface area is 275 Å². The van der Waals surface area contributed by atoms with Crippen molar-refractivity contribution in [2.75, 3.05) is 19.8 Å². The third-order valence-corrected chi connectivity index (χ3v) is 6.12. The van der Waals surface area contributed by atoms with Gasteiger partial charge in [0.2, 0.25) is 0 Å². The Morgan fingerprint density at radius 3 is 0.788 bits per heavy atom. The van der Waals surface area contributed by atoms with Crippen molar-refractivity contribution < 1.29 is 81.3 Å². The summed E-state index contributed by atoms with van der Waals surface area (Å²) in [5, 5.41) is 7.10. The highest BCUT2D eigenvalue weighted by Gasteiger charge is 2.34. The molecule has 0 fully saturated rings. The van der Waals surface area contributed by atoms with E-state index in [2.05, 4.69) is 29.6 Å². The van der Waals surface area contributed by atoms with E-state index in [1.807, 2.05) is 14.7 Å². The lowest BCUT2D eigenvalue weighted by Gasteiger charge is -2.19. The molecule has 0 spiro atoms. The summed E-state index contributed by atoms with van der Waals surface area (Å²) in [5.41, 5.74) is 12.9. The summed E-state index contributed by atoms with van der Waals surface area (Å²) < 4.78 is 184. The predicted octanol–water partition coefficient (Wildman–Crippen LogP) is 8.67. The van der Waals surface area contributed by atoms with E-state index in [9.17, 15) is 67.1 Å². The molecule has 0 aromatic heterocycles. The van der Waals surface area contributed by atoms with Crippen LogP contribution in [0, 0.1) is 75.7 Å². The minimum atomic E-state index is -2.50. The van der Waals surface area contributed by atoms with E-state index in [0.717, 1.165) is 0 Å². The third kappa shape index (κ3) is 7.50. The highest BCUT2D eigenvalue weighted by molar-refractivity contribution is 5.92. The minimum absolute atomic E-state index is 1.52. The maximum Gasteiger partial charge on any atom is 0.344 e. The highest BCUT2D eigenvalue weighted by Crippen LogP contribution is 2.33. The number of hydrogen-bond donors (Lipinski definition) is 0. The van der Waals surface area contributed by atoms with Gasteiger partial charge in [-0.3, -0.25) is 0 Å². The van der Waals surface area contributed by atoms with Gasteiger partial charge in [-0.1, -0.05) is 15.3 Å². The molecule has 52 heavy (non-hydrogen) atoms. The lowest BCUT2D eigenvalue weighted by Crippen LogP contribution is -2.28. The number of hydrogen-bond acceptors (Lipinski definition) is 9. The van der Waals surface area contributed by atoms with Crippen LogP contribution in [0.3, 0.4) is 0 Å². The van der Waals surface area contributed by atoms with E-state index in [-0.39, 0.29) is 0 Å². The van der Waals surface area contributed by atoms with Gasteiger partial charge in [0, 0.05) is 14.7 Å². The van der Waals surface area contributed by atoms with E-state index in [1.165, 1.54) is 0 Å². The van der Waals surface area contributed by atoms with E-state index >= 15 is 0 Å². The first kappa shape index (κ1) is 39.6. The molecule has 0 atom stereocenters. The number of rotatable bonds is 12. The van der Waals surface area contributed by atoms with Crippen LogP contribution < -0.4 is 0 Å². The number of halogens is 12. The van der Waals surface area contributed by atoms with E-state index in [0.29, 0.717) is 0 Å². The van der Waals surface area contributed by atoms with Crippen LogP contribution in [0.1, 0.15) is 31.1 Å². The van der Waals surface area contributed by atoms with Gasteiger partial charge in [0.05, 0.1) is 5.92 Å². The lowest BCUT2D eigenvalue weighted by atomic mass is 10.1. The first-order valence-corrected chi connectivity index (χ1v) is 12.7. The molecular weight excluding hydrogens is 750 g/mol. The summed E-state index contributed by atoms with van der Waals surface area (Å²) in [5.74, 6) is -38.5. The fraction of sp³-hybridized carbons (Fsp3) is 0.160. The second kappa shape index (κ2) is 16.2. The van der Waals surface area contributed by atoms with Crippen molar-refractivity contribution in [1.29, 1.82) is 0 Å². The fourth-order valence-corrected chi connectivity index (χ4v) is 3.74. The Morgan fingerprint density at radius 2 is 0.615 bits per heavy atom. The van der Waals surface area contributed by atoms with Crippen LogP contribution >= 0.6 is 0 Å². The maximum atomic E-state index is 14.4. The number of benzene rings is 3. The van der Waals surface area contributed by atoms with Crippen molar-refractivity contribution in [3.8, 4) is 0 Å². The first-order valence-electron chi connectivity index (χ1n) is 12.7. The Bertz CT molecular complexity index is 1860. The van der Waals surface area contributed by atoms with E-state index < -0.39 is 147 Å². The Balaban J connectivity index is 1.97. The largest absolute Gasteiger partial charge is 0.461 e. The molecule has 27 heteroatoms. The van der Waals surface area contributed by atoms with Crippen LogP contribution in [-0.2, 0) is 14.2 Å². The molecule has 15 nitrogen and oxygen atoms in total. The highest BCUT2D eigenvalue weighted by atomic mass is 19.2. The van der Waals surface area contributed by atoms with Crippen molar-refractivity contribution in [2.45, 2.75) is 0 Å². The van der Waals surface area contributed by atoms with Crippen LogP contribution in [0.2, 0.25) is 0 Å². The number of azide groups is 3.